The molecule has 110 valence electrons. The first-order valence-electron chi connectivity index (χ1n) is 8.07. The molecule has 0 aromatic heterocycles. The number of amides is 1. The molecule has 1 saturated carbocycles. The van der Waals surface area contributed by atoms with Gasteiger partial charge in [-0.3, -0.25) is 4.79 Å². The van der Waals surface area contributed by atoms with Gasteiger partial charge in [0.1, 0.15) is 0 Å². The van der Waals surface area contributed by atoms with Gasteiger partial charge in [0.25, 0.3) is 0 Å². The summed E-state index contributed by atoms with van der Waals surface area (Å²) in [6.45, 7) is 6.36. The third kappa shape index (κ3) is 3.71. The molecule has 2 unspecified atom stereocenters. The average Bonchev–Trinajstić information content (AvgIpc) is 2.78. The molecule has 1 aliphatic heterocycles. The normalized spacial score (nSPS) is 27.3. The molecule has 19 heavy (non-hydrogen) atoms. The first kappa shape index (κ1) is 14.8. The van der Waals surface area contributed by atoms with Crippen molar-refractivity contribution in [3.05, 3.63) is 0 Å². The molecule has 3 heteroatoms. The molecule has 0 aromatic rings. The summed E-state index contributed by atoms with van der Waals surface area (Å²) >= 11 is 0. The van der Waals surface area contributed by atoms with E-state index >= 15 is 0 Å². The van der Waals surface area contributed by atoms with Crippen molar-refractivity contribution in [1.29, 1.82) is 0 Å². The zero-order valence-corrected chi connectivity index (χ0v) is 12.8. The van der Waals surface area contributed by atoms with Crippen LogP contribution in [0, 0.1) is 17.8 Å². The molecule has 0 spiro atoms. The lowest BCUT2D eigenvalue weighted by molar-refractivity contribution is -0.128. The Bertz CT molecular complexity index is 297. The minimum absolute atomic E-state index is 0.370. The predicted octanol–water partition coefficient (Wildman–Crippen LogP) is 2.66. The van der Waals surface area contributed by atoms with E-state index in [1.807, 2.05) is 0 Å². The zero-order valence-electron chi connectivity index (χ0n) is 12.8. The van der Waals surface area contributed by atoms with E-state index in [0.29, 0.717) is 23.8 Å². The molecule has 1 aliphatic carbocycles. The van der Waals surface area contributed by atoms with E-state index in [-0.39, 0.29) is 0 Å². The Hall–Kier alpha value is -0.570. The molecule has 1 N–H and O–H groups in total. The van der Waals surface area contributed by atoms with Gasteiger partial charge in [-0.25, -0.2) is 0 Å². The Morgan fingerprint density at radius 3 is 2.42 bits per heavy atom. The smallest absolute Gasteiger partial charge is 0.222 e. The Morgan fingerprint density at radius 1 is 1.21 bits per heavy atom. The highest BCUT2D eigenvalue weighted by Crippen LogP contribution is 2.29. The van der Waals surface area contributed by atoms with Crippen LogP contribution in [-0.2, 0) is 4.79 Å². The maximum absolute atomic E-state index is 12.1. The number of carbonyl (C=O) groups excluding carboxylic acids is 1. The zero-order chi connectivity index (χ0) is 13.8. The standard InChI is InChI=1S/C16H30N2O/c1-12(2)14-9-16(19)18(10-14)11-15(17-3)13-7-5-4-6-8-13/h12-15,17H,4-11H2,1-3H3. The van der Waals surface area contributed by atoms with E-state index in [4.69, 9.17) is 0 Å². The van der Waals surface area contributed by atoms with Crippen molar-refractivity contribution in [2.45, 2.75) is 58.4 Å². The van der Waals surface area contributed by atoms with E-state index in [1.165, 1.54) is 32.1 Å². The second kappa shape index (κ2) is 6.74. The Kier molecular flexibility index (Phi) is 5.26. The third-order valence-corrected chi connectivity index (χ3v) is 5.19. The molecule has 1 amide bonds. The molecule has 1 saturated heterocycles. The lowest BCUT2D eigenvalue weighted by atomic mass is 9.83. The van der Waals surface area contributed by atoms with E-state index in [9.17, 15) is 4.79 Å². The van der Waals surface area contributed by atoms with Gasteiger partial charge in [0.05, 0.1) is 0 Å². The highest BCUT2D eigenvalue weighted by molar-refractivity contribution is 5.78. The summed E-state index contributed by atoms with van der Waals surface area (Å²) in [6, 6.07) is 0.496. The van der Waals surface area contributed by atoms with Gasteiger partial charge in [-0.15, -0.1) is 0 Å². The van der Waals surface area contributed by atoms with Crippen LogP contribution >= 0.6 is 0 Å². The number of likely N-dealkylation sites (N-methyl/N-ethyl adjacent to an activating group) is 1. The van der Waals surface area contributed by atoms with Crippen molar-refractivity contribution in [2.24, 2.45) is 17.8 Å². The fraction of sp³-hybridized carbons (Fsp3) is 0.938. The second-order valence-electron chi connectivity index (χ2n) is 6.80. The lowest BCUT2D eigenvalue weighted by Gasteiger charge is -2.33. The highest BCUT2D eigenvalue weighted by Gasteiger charge is 2.34. The SMILES string of the molecule is CNC(CN1CC(C(C)C)CC1=O)C1CCCCC1. The topological polar surface area (TPSA) is 32.3 Å². The van der Waals surface area contributed by atoms with Gasteiger partial charge in [0.15, 0.2) is 0 Å². The van der Waals surface area contributed by atoms with Crippen LogP contribution in [0.2, 0.25) is 0 Å². The molecular weight excluding hydrogens is 236 g/mol. The molecule has 2 aliphatic rings. The van der Waals surface area contributed by atoms with Crippen LogP contribution in [0.1, 0.15) is 52.4 Å². The van der Waals surface area contributed by atoms with Gasteiger partial charge in [0.2, 0.25) is 5.91 Å². The van der Waals surface area contributed by atoms with Gasteiger partial charge >= 0.3 is 0 Å². The average molecular weight is 266 g/mol. The van der Waals surface area contributed by atoms with Gasteiger partial charge in [-0.1, -0.05) is 33.1 Å². The quantitative estimate of drug-likeness (QED) is 0.829. The molecule has 0 aromatic carbocycles. The second-order valence-corrected chi connectivity index (χ2v) is 6.80. The van der Waals surface area contributed by atoms with Gasteiger partial charge in [-0.05, 0) is 37.6 Å². The largest absolute Gasteiger partial charge is 0.341 e. The molecule has 0 radical (unpaired) electrons. The molecule has 1 heterocycles. The summed E-state index contributed by atoms with van der Waals surface area (Å²) in [4.78, 5) is 14.2. The maximum atomic E-state index is 12.1. The minimum atomic E-state index is 0.370. The number of carbonyl (C=O) groups is 1. The van der Waals surface area contributed by atoms with E-state index in [0.717, 1.165) is 25.4 Å². The number of rotatable bonds is 5. The first-order chi connectivity index (χ1) is 9.11. The minimum Gasteiger partial charge on any atom is -0.341 e. The van der Waals surface area contributed by atoms with E-state index < -0.39 is 0 Å². The summed E-state index contributed by atoms with van der Waals surface area (Å²) in [5, 5.41) is 3.47. The van der Waals surface area contributed by atoms with Crippen LogP contribution in [0.25, 0.3) is 0 Å². The monoisotopic (exact) mass is 266 g/mol. The first-order valence-corrected chi connectivity index (χ1v) is 8.07. The summed E-state index contributed by atoms with van der Waals surface area (Å²) in [5.74, 6) is 2.33. The van der Waals surface area contributed by atoms with Crippen molar-refractivity contribution in [1.82, 2.24) is 10.2 Å². The highest BCUT2D eigenvalue weighted by atomic mass is 16.2. The van der Waals surface area contributed by atoms with Crippen LogP contribution in [0.4, 0.5) is 0 Å². The lowest BCUT2D eigenvalue weighted by Crippen LogP contribution is -2.45. The van der Waals surface area contributed by atoms with Crippen molar-refractivity contribution < 1.29 is 4.79 Å². The van der Waals surface area contributed by atoms with E-state index in [2.05, 4.69) is 31.1 Å². The van der Waals surface area contributed by atoms with Crippen molar-refractivity contribution in [3.63, 3.8) is 0 Å². The number of hydrogen-bond acceptors (Lipinski definition) is 2. The summed E-state index contributed by atoms with van der Waals surface area (Å²) in [5.41, 5.74) is 0. The van der Waals surface area contributed by atoms with Crippen LogP contribution in [-0.4, -0.2) is 37.0 Å². The van der Waals surface area contributed by atoms with Crippen LogP contribution in [0.15, 0.2) is 0 Å². The number of nitrogens with one attached hydrogen (secondary N) is 1. The molecule has 3 nitrogen and oxygen atoms in total. The molecule has 0 bridgehead atoms. The van der Waals surface area contributed by atoms with Crippen LogP contribution in [0.3, 0.4) is 0 Å². The van der Waals surface area contributed by atoms with Crippen LogP contribution < -0.4 is 5.32 Å². The Balaban J connectivity index is 1.89. The molecule has 2 rings (SSSR count). The number of likely N-dealkylation sites (tertiary alicyclic amines) is 1. The van der Waals surface area contributed by atoms with Gasteiger partial charge < -0.3 is 10.2 Å². The molecular formula is C16H30N2O. The predicted molar refractivity (Wildman–Crippen MR) is 78.9 cm³/mol. The van der Waals surface area contributed by atoms with Crippen LogP contribution in [0.5, 0.6) is 0 Å². The summed E-state index contributed by atoms with van der Waals surface area (Å²) < 4.78 is 0. The van der Waals surface area contributed by atoms with E-state index in [1.54, 1.807) is 0 Å². The van der Waals surface area contributed by atoms with Crippen molar-refractivity contribution >= 4 is 5.91 Å². The Morgan fingerprint density at radius 2 is 1.89 bits per heavy atom. The molecule has 2 atom stereocenters. The fourth-order valence-corrected chi connectivity index (χ4v) is 3.68. The summed E-state index contributed by atoms with van der Waals surface area (Å²) in [6.07, 6.45) is 7.56. The van der Waals surface area contributed by atoms with Gasteiger partial charge in [0, 0.05) is 25.6 Å². The Labute approximate surface area is 118 Å². The third-order valence-electron chi connectivity index (χ3n) is 5.19. The fourth-order valence-electron chi connectivity index (χ4n) is 3.68. The number of nitrogens with zero attached hydrogens (tertiary/aromatic N) is 1. The molecule has 2 fully saturated rings. The van der Waals surface area contributed by atoms with Crippen molar-refractivity contribution in [3.8, 4) is 0 Å². The summed E-state index contributed by atoms with van der Waals surface area (Å²) in [7, 11) is 2.06. The number of hydrogen-bond donors (Lipinski definition) is 1. The van der Waals surface area contributed by atoms with Gasteiger partial charge in [-0.2, -0.15) is 0 Å². The van der Waals surface area contributed by atoms with Crippen molar-refractivity contribution in [2.75, 3.05) is 20.1 Å². The maximum Gasteiger partial charge on any atom is 0.222 e.